The molecule has 18 heavy (non-hydrogen) atoms. The van der Waals surface area contributed by atoms with Crippen molar-refractivity contribution in [3.05, 3.63) is 33.9 Å². The highest BCUT2D eigenvalue weighted by Gasteiger charge is 2.37. The molecule has 2 aromatic rings. The number of nitrogens with zero attached hydrogens (tertiary/aromatic N) is 1. The molecule has 0 amide bonds. The number of aryl methyl sites for hydroxylation is 1. The summed E-state index contributed by atoms with van der Waals surface area (Å²) in [5.74, 6) is 1.60. The number of aromatic amines is 1. The van der Waals surface area contributed by atoms with E-state index in [1.807, 2.05) is 0 Å². The number of fused-ring (bicyclic) bond motifs is 5. The van der Waals surface area contributed by atoms with Crippen LogP contribution in [0.3, 0.4) is 0 Å². The summed E-state index contributed by atoms with van der Waals surface area (Å²) < 4.78 is 1.19. The molecule has 0 bridgehead atoms. The highest BCUT2D eigenvalue weighted by Crippen LogP contribution is 2.44. The first kappa shape index (κ1) is 11.1. The average molecular weight is 305 g/mol. The van der Waals surface area contributed by atoms with Crippen molar-refractivity contribution < 1.29 is 0 Å². The summed E-state index contributed by atoms with van der Waals surface area (Å²) in [6, 6.07) is 6.61. The van der Waals surface area contributed by atoms with Crippen molar-refractivity contribution in [2.75, 3.05) is 20.1 Å². The lowest BCUT2D eigenvalue weighted by molar-refractivity contribution is 0.386. The molecular weight excluding hydrogens is 288 g/mol. The summed E-state index contributed by atoms with van der Waals surface area (Å²) in [5, 5.41) is 1.43. The van der Waals surface area contributed by atoms with E-state index in [1.54, 1.807) is 5.56 Å². The predicted octanol–water partition coefficient (Wildman–Crippen LogP) is 3.52. The highest BCUT2D eigenvalue weighted by atomic mass is 79.9. The van der Waals surface area contributed by atoms with Crippen LogP contribution >= 0.6 is 15.9 Å². The SMILES string of the molecule is CN1C[C@@H]2CCc3[nH]c4ccc(Br)cc4c3[C@@H]2C1. The van der Waals surface area contributed by atoms with Gasteiger partial charge in [0.25, 0.3) is 0 Å². The van der Waals surface area contributed by atoms with Crippen molar-refractivity contribution >= 4 is 26.8 Å². The molecule has 1 N–H and O–H groups in total. The molecule has 1 aromatic heterocycles. The fourth-order valence-electron chi connectivity index (χ4n) is 3.90. The van der Waals surface area contributed by atoms with E-state index in [4.69, 9.17) is 0 Å². The standard InChI is InChI=1S/C15H17BrN2/c1-18-7-9-2-4-14-15(12(9)8-18)11-6-10(16)3-5-13(11)17-14/h3,5-6,9,12,17H,2,4,7-8H2,1H3/t9-,12+/m0/s1. The lowest BCUT2D eigenvalue weighted by Gasteiger charge is -2.25. The molecule has 94 valence electrons. The van der Waals surface area contributed by atoms with E-state index in [1.165, 1.54) is 47.0 Å². The fourth-order valence-corrected chi connectivity index (χ4v) is 4.26. The fraction of sp³-hybridized carbons (Fsp3) is 0.467. The summed E-state index contributed by atoms with van der Waals surface area (Å²) in [6.07, 6.45) is 2.56. The molecular formula is C15H17BrN2. The summed E-state index contributed by atoms with van der Waals surface area (Å²) in [7, 11) is 2.25. The highest BCUT2D eigenvalue weighted by molar-refractivity contribution is 9.10. The zero-order valence-corrected chi connectivity index (χ0v) is 12.1. The number of rotatable bonds is 0. The van der Waals surface area contributed by atoms with E-state index in [2.05, 4.69) is 51.1 Å². The lowest BCUT2D eigenvalue weighted by Crippen LogP contribution is -2.18. The van der Waals surface area contributed by atoms with E-state index >= 15 is 0 Å². The molecule has 1 saturated heterocycles. The van der Waals surface area contributed by atoms with Gasteiger partial charge >= 0.3 is 0 Å². The van der Waals surface area contributed by atoms with Gasteiger partial charge in [0.15, 0.2) is 0 Å². The van der Waals surface area contributed by atoms with E-state index in [-0.39, 0.29) is 0 Å². The third-order valence-electron chi connectivity index (χ3n) is 4.64. The normalized spacial score (nSPS) is 27.4. The smallest absolute Gasteiger partial charge is 0.0459 e. The van der Waals surface area contributed by atoms with Crippen molar-refractivity contribution in [1.29, 1.82) is 0 Å². The van der Waals surface area contributed by atoms with Gasteiger partial charge in [0.05, 0.1) is 0 Å². The second-order valence-electron chi connectivity index (χ2n) is 5.83. The Morgan fingerprint density at radius 2 is 2.22 bits per heavy atom. The second-order valence-corrected chi connectivity index (χ2v) is 6.75. The molecule has 0 unspecified atom stereocenters. The van der Waals surface area contributed by atoms with Crippen LogP contribution in [0, 0.1) is 5.92 Å². The number of H-pyrrole nitrogens is 1. The Hall–Kier alpha value is -0.800. The van der Waals surface area contributed by atoms with Crippen LogP contribution in [0.2, 0.25) is 0 Å². The summed E-state index contributed by atoms with van der Waals surface area (Å²) >= 11 is 3.61. The van der Waals surface area contributed by atoms with Crippen LogP contribution in [0.15, 0.2) is 22.7 Å². The van der Waals surface area contributed by atoms with Gasteiger partial charge in [0.2, 0.25) is 0 Å². The van der Waals surface area contributed by atoms with Crippen LogP contribution < -0.4 is 0 Å². The number of halogens is 1. The van der Waals surface area contributed by atoms with Crippen LogP contribution in [0.1, 0.15) is 23.6 Å². The minimum absolute atomic E-state index is 0.738. The Morgan fingerprint density at radius 3 is 3.11 bits per heavy atom. The lowest BCUT2D eigenvalue weighted by atomic mass is 9.79. The molecule has 1 aliphatic carbocycles. The molecule has 1 fully saturated rings. The summed E-state index contributed by atoms with van der Waals surface area (Å²) in [6.45, 7) is 2.49. The zero-order valence-electron chi connectivity index (χ0n) is 10.5. The van der Waals surface area contributed by atoms with E-state index in [0.29, 0.717) is 0 Å². The first-order valence-electron chi connectivity index (χ1n) is 6.71. The maximum absolute atomic E-state index is 3.63. The predicted molar refractivity (Wildman–Crippen MR) is 78.0 cm³/mol. The van der Waals surface area contributed by atoms with Crippen LogP contribution in [0.4, 0.5) is 0 Å². The van der Waals surface area contributed by atoms with Crippen molar-refractivity contribution in [2.24, 2.45) is 5.92 Å². The Bertz CT molecular complexity index is 616. The van der Waals surface area contributed by atoms with Crippen molar-refractivity contribution in [1.82, 2.24) is 9.88 Å². The molecule has 3 heteroatoms. The number of benzene rings is 1. The minimum Gasteiger partial charge on any atom is -0.358 e. The number of aromatic nitrogens is 1. The van der Waals surface area contributed by atoms with Gasteiger partial charge < -0.3 is 9.88 Å². The van der Waals surface area contributed by atoms with Crippen LogP contribution in [0.25, 0.3) is 10.9 Å². The molecule has 0 saturated carbocycles. The molecule has 2 atom stereocenters. The molecule has 2 heterocycles. The molecule has 0 spiro atoms. The molecule has 0 radical (unpaired) electrons. The Labute approximate surface area is 115 Å². The summed E-state index contributed by atoms with van der Waals surface area (Å²) in [5.41, 5.74) is 4.39. The minimum atomic E-state index is 0.738. The van der Waals surface area contributed by atoms with Gasteiger partial charge in [-0.25, -0.2) is 0 Å². The van der Waals surface area contributed by atoms with E-state index in [9.17, 15) is 0 Å². The maximum atomic E-state index is 3.63. The Balaban J connectivity index is 1.94. The van der Waals surface area contributed by atoms with Crippen LogP contribution in [0.5, 0.6) is 0 Å². The van der Waals surface area contributed by atoms with E-state index < -0.39 is 0 Å². The summed E-state index contributed by atoms with van der Waals surface area (Å²) in [4.78, 5) is 6.12. The topological polar surface area (TPSA) is 19.0 Å². The van der Waals surface area contributed by atoms with Gasteiger partial charge in [-0.2, -0.15) is 0 Å². The molecule has 2 aliphatic rings. The average Bonchev–Trinajstić information content (AvgIpc) is 2.87. The van der Waals surface area contributed by atoms with Gasteiger partial charge in [-0.05, 0) is 49.6 Å². The van der Waals surface area contributed by atoms with Crippen LogP contribution in [-0.4, -0.2) is 30.0 Å². The van der Waals surface area contributed by atoms with Gasteiger partial charge in [-0.15, -0.1) is 0 Å². The number of hydrogen-bond donors (Lipinski definition) is 1. The van der Waals surface area contributed by atoms with Crippen LogP contribution in [-0.2, 0) is 6.42 Å². The third kappa shape index (κ3) is 1.50. The molecule has 1 aromatic carbocycles. The number of nitrogens with one attached hydrogen (secondary N) is 1. The zero-order chi connectivity index (χ0) is 12.3. The first-order chi connectivity index (χ1) is 8.72. The number of likely N-dealkylation sites (tertiary alicyclic amines) is 1. The maximum Gasteiger partial charge on any atom is 0.0459 e. The Kier molecular flexibility index (Phi) is 2.36. The quantitative estimate of drug-likeness (QED) is 0.789. The van der Waals surface area contributed by atoms with Gasteiger partial charge in [-0.3, -0.25) is 0 Å². The largest absolute Gasteiger partial charge is 0.358 e. The van der Waals surface area contributed by atoms with E-state index in [0.717, 1.165) is 11.8 Å². The monoisotopic (exact) mass is 304 g/mol. The number of hydrogen-bond acceptors (Lipinski definition) is 1. The van der Waals surface area contributed by atoms with Gasteiger partial charge in [0.1, 0.15) is 0 Å². The van der Waals surface area contributed by atoms with Gasteiger partial charge in [0, 0.05) is 40.1 Å². The van der Waals surface area contributed by atoms with Crippen molar-refractivity contribution in [2.45, 2.75) is 18.8 Å². The second kappa shape index (κ2) is 3.84. The Morgan fingerprint density at radius 1 is 1.33 bits per heavy atom. The molecule has 1 aliphatic heterocycles. The third-order valence-corrected chi connectivity index (χ3v) is 5.14. The number of likely N-dealkylation sites (N-methyl/N-ethyl adjacent to an activating group) is 1. The molecule has 2 nitrogen and oxygen atoms in total. The van der Waals surface area contributed by atoms with Crippen molar-refractivity contribution in [3.63, 3.8) is 0 Å². The molecule has 4 rings (SSSR count). The van der Waals surface area contributed by atoms with Gasteiger partial charge in [-0.1, -0.05) is 15.9 Å². The first-order valence-corrected chi connectivity index (χ1v) is 7.50. The van der Waals surface area contributed by atoms with Crippen molar-refractivity contribution in [3.8, 4) is 0 Å².